The number of carbonyl (C=O) groups excluding carboxylic acids is 2. The lowest BCUT2D eigenvalue weighted by atomic mass is 10.0. The number of halogens is 3. The van der Waals surface area contributed by atoms with Crippen molar-refractivity contribution in [3.8, 4) is 16.3 Å². The van der Waals surface area contributed by atoms with E-state index in [1.807, 2.05) is 24.3 Å². The van der Waals surface area contributed by atoms with Crippen LogP contribution in [0.3, 0.4) is 0 Å². The average Bonchev–Trinajstić information content (AvgIpc) is 3.22. The number of ether oxygens (including phenoxy) is 1. The molecule has 2 N–H and O–H groups in total. The van der Waals surface area contributed by atoms with Crippen molar-refractivity contribution < 1.29 is 27.5 Å². The van der Waals surface area contributed by atoms with Crippen molar-refractivity contribution in [2.45, 2.75) is 39.2 Å². The van der Waals surface area contributed by atoms with Crippen LogP contribution < -0.4 is 15.4 Å². The second kappa shape index (κ2) is 10.4. The van der Waals surface area contributed by atoms with Gasteiger partial charge >= 0.3 is 6.36 Å². The summed E-state index contributed by atoms with van der Waals surface area (Å²) < 4.78 is 41.5. The number of hydrogen-bond acceptors (Lipinski definition) is 6. The summed E-state index contributed by atoms with van der Waals surface area (Å²) >= 11 is 1.18. The molecule has 7 nitrogen and oxygen atoms in total. The summed E-state index contributed by atoms with van der Waals surface area (Å²) in [6.45, 7) is 3.26. The van der Waals surface area contributed by atoms with E-state index in [0.29, 0.717) is 28.5 Å². The highest BCUT2D eigenvalue weighted by atomic mass is 32.1. The van der Waals surface area contributed by atoms with E-state index in [1.54, 1.807) is 6.07 Å². The van der Waals surface area contributed by atoms with Gasteiger partial charge in [0.1, 0.15) is 15.8 Å². The molecule has 1 atom stereocenters. The fourth-order valence-corrected chi connectivity index (χ4v) is 3.91. The van der Waals surface area contributed by atoms with Crippen molar-refractivity contribution in [3.05, 3.63) is 64.7 Å². The van der Waals surface area contributed by atoms with Gasteiger partial charge in [-0.3, -0.25) is 9.59 Å². The van der Waals surface area contributed by atoms with E-state index < -0.39 is 12.4 Å². The zero-order valence-corrected chi connectivity index (χ0v) is 18.6. The van der Waals surface area contributed by atoms with Gasteiger partial charge in [0.25, 0.3) is 0 Å². The predicted molar refractivity (Wildman–Crippen MR) is 116 cm³/mol. The number of benzene rings is 2. The molecule has 0 aliphatic carbocycles. The van der Waals surface area contributed by atoms with Crippen LogP contribution >= 0.6 is 11.3 Å². The topological polar surface area (TPSA) is 93.2 Å². The number of rotatable bonds is 8. The monoisotopic (exact) mass is 478 g/mol. The van der Waals surface area contributed by atoms with Gasteiger partial charge in [0.15, 0.2) is 0 Å². The molecule has 0 bridgehead atoms. The Bertz CT molecular complexity index is 1120. The first kappa shape index (κ1) is 24.2. The number of amides is 2. The molecule has 174 valence electrons. The lowest BCUT2D eigenvalue weighted by Gasteiger charge is -2.15. The van der Waals surface area contributed by atoms with Gasteiger partial charge < -0.3 is 15.4 Å². The Hall–Kier alpha value is -3.47. The minimum absolute atomic E-state index is 0.118. The summed E-state index contributed by atoms with van der Waals surface area (Å²) in [7, 11) is 0. The molecule has 3 aromatic rings. The van der Waals surface area contributed by atoms with Crippen LogP contribution in [0.2, 0.25) is 0 Å². The van der Waals surface area contributed by atoms with Crippen LogP contribution in [0, 0.1) is 0 Å². The molecule has 1 unspecified atom stereocenters. The minimum Gasteiger partial charge on any atom is -0.406 e. The lowest BCUT2D eigenvalue weighted by molar-refractivity contribution is -0.274. The number of nitrogens with one attached hydrogen (secondary N) is 2. The third-order valence-corrected chi connectivity index (χ3v) is 5.52. The van der Waals surface area contributed by atoms with Crippen LogP contribution in [0.25, 0.3) is 10.6 Å². The smallest absolute Gasteiger partial charge is 0.406 e. The SMILES string of the molecule is CC(=O)NCc1ccc(CC(NC(C)=O)c2nnc(-c3cccc(OC(F)(F)F)c3)s2)cc1. The van der Waals surface area contributed by atoms with E-state index >= 15 is 0 Å². The van der Waals surface area contributed by atoms with Crippen molar-refractivity contribution in [2.75, 3.05) is 0 Å². The van der Waals surface area contributed by atoms with Crippen LogP contribution in [-0.2, 0) is 22.6 Å². The highest BCUT2D eigenvalue weighted by molar-refractivity contribution is 7.14. The van der Waals surface area contributed by atoms with Gasteiger partial charge in [0.2, 0.25) is 11.8 Å². The molecule has 0 saturated heterocycles. The molecule has 1 heterocycles. The highest BCUT2D eigenvalue weighted by Crippen LogP contribution is 2.32. The molecule has 2 aromatic carbocycles. The largest absolute Gasteiger partial charge is 0.573 e. The maximum Gasteiger partial charge on any atom is 0.573 e. The van der Waals surface area contributed by atoms with Crippen LogP contribution in [0.1, 0.15) is 36.0 Å². The molecule has 0 aliphatic rings. The fraction of sp³-hybridized carbons (Fsp3) is 0.273. The number of nitrogens with zero attached hydrogens (tertiary/aromatic N) is 2. The van der Waals surface area contributed by atoms with E-state index in [9.17, 15) is 22.8 Å². The van der Waals surface area contributed by atoms with Crippen molar-refractivity contribution in [2.24, 2.45) is 0 Å². The standard InChI is InChI=1S/C22H21F3N4O3S/c1-13(30)26-12-16-8-6-15(7-9-16)10-19(27-14(2)31)21-29-28-20(33-21)17-4-3-5-18(11-17)32-22(23,24)25/h3-9,11,19H,10,12H2,1-2H3,(H,26,30)(H,27,31). The first-order valence-electron chi connectivity index (χ1n) is 9.88. The maximum absolute atomic E-state index is 12.5. The Morgan fingerprint density at radius 1 is 1.03 bits per heavy atom. The van der Waals surface area contributed by atoms with Gasteiger partial charge in [-0.15, -0.1) is 23.4 Å². The van der Waals surface area contributed by atoms with E-state index in [1.165, 1.54) is 43.4 Å². The second-order valence-corrected chi connectivity index (χ2v) is 8.21. The van der Waals surface area contributed by atoms with Gasteiger partial charge in [-0.2, -0.15) is 0 Å². The number of aromatic nitrogens is 2. The number of carbonyl (C=O) groups is 2. The molecular weight excluding hydrogens is 457 g/mol. The quantitative estimate of drug-likeness (QED) is 0.507. The summed E-state index contributed by atoms with van der Waals surface area (Å²) in [5, 5.41) is 14.7. The second-order valence-electron chi connectivity index (χ2n) is 7.20. The summed E-state index contributed by atoms with van der Waals surface area (Å²) in [4.78, 5) is 22.8. The molecule has 1 aromatic heterocycles. The van der Waals surface area contributed by atoms with E-state index in [-0.39, 0.29) is 17.6 Å². The molecule has 33 heavy (non-hydrogen) atoms. The summed E-state index contributed by atoms with van der Waals surface area (Å²) in [5.41, 5.74) is 2.28. The van der Waals surface area contributed by atoms with Crippen LogP contribution in [-0.4, -0.2) is 28.4 Å². The van der Waals surface area contributed by atoms with Crippen LogP contribution in [0.4, 0.5) is 13.2 Å². The lowest BCUT2D eigenvalue weighted by Crippen LogP contribution is -2.27. The van der Waals surface area contributed by atoms with Gasteiger partial charge in [-0.25, -0.2) is 0 Å². The summed E-state index contributed by atoms with van der Waals surface area (Å²) in [5.74, 6) is -0.721. The normalized spacial score (nSPS) is 12.2. The van der Waals surface area contributed by atoms with E-state index in [2.05, 4.69) is 25.6 Å². The summed E-state index contributed by atoms with van der Waals surface area (Å²) in [6, 6.07) is 12.6. The molecular formula is C22H21F3N4O3S. The van der Waals surface area contributed by atoms with Crippen molar-refractivity contribution in [1.29, 1.82) is 0 Å². The van der Waals surface area contributed by atoms with E-state index in [4.69, 9.17) is 0 Å². The third-order valence-electron chi connectivity index (χ3n) is 4.44. The Labute approximate surface area is 192 Å². The molecule has 0 radical (unpaired) electrons. The fourth-order valence-electron chi connectivity index (χ4n) is 3.02. The first-order valence-corrected chi connectivity index (χ1v) is 10.7. The zero-order valence-electron chi connectivity index (χ0n) is 17.8. The van der Waals surface area contributed by atoms with Crippen LogP contribution in [0.15, 0.2) is 48.5 Å². The third kappa shape index (κ3) is 7.56. The van der Waals surface area contributed by atoms with E-state index in [0.717, 1.165) is 11.1 Å². The van der Waals surface area contributed by atoms with Crippen molar-refractivity contribution >= 4 is 23.2 Å². The van der Waals surface area contributed by atoms with Crippen LogP contribution in [0.5, 0.6) is 5.75 Å². The minimum atomic E-state index is -4.79. The molecule has 2 amide bonds. The molecule has 0 saturated carbocycles. The molecule has 3 rings (SSSR count). The Kier molecular flexibility index (Phi) is 7.64. The Morgan fingerprint density at radius 3 is 2.36 bits per heavy atom. The van der Waals surface area contributed by atoms with Crippen molar-refractivity contribution in [3.63, 3.8) is 0 Å². The highest BCUT2D eigenvalue weighted by Gasteiger charge is 2.31. The van der Waals surface area contributed by atoms with Gasteiger partial charge in [-0.1, -0.05) is 47.7 Å². The first-order chi connectivity index (χ1) is 15.6. The van der Waals surface area contributed by atoms with Gasteiger partial charge in [0, 0.05) is 26.0 Å². The average molecular weight is 478 g/mol. The molecule has 0 spiro atoms. The molecule has 0 aliphatic heterocycles. The summed E-state index contributed by atoms with van der Waals surface area (Å²) in [6.07, 6.45) is -4.36. The maximum atomic E-state index is 12.5. The van der Waals surface area contributed by atoms with Crippen molar-refractivity contribution in [1.82, 2.24) is 20.8 Å². The predicted octanol–water partition coefficient (Wildman–Crippen LogP) is 4.16. The molecule has 11 heteroatoms. The number of hydrogen-bond donors (Lipinski definition) is 2. The number of alkyl halides is 3. The Balaban J connectivity index is 1.77. The molecule has 0 fully saturated rings. The Morgan fingerprint density at radius 2 is 1.73 bits per heavy atom. The van der Waals surface area contributed by atoms with Gasteiger partial charge in [0.05, 0.1) is 6.04 Å². The zero-order chi connectivity index (χ0) is 24.0. The van der Waals surface area contributed by atoms with Gasteiger partial charge in [-0.05, 0) is 29.7 Å².